The number of likely N-dealkylation sites (tertiary alicyclic amines) is 1. The minimum Gasteiger partial charge on any atom is -0.461 e. The summed E-state index contributed by atoms with van der Waals surface area (Å²) < 4.78 is 5.76. The van der Waals surface area contributed by atoms with Crippen LogP contribution in [0.2, 0.25) is 0 Å². The Kier molecular flexibility index (Phi) is 4.84. The highest BCUT2D eigenvalue weighted by Crippen LogP contribution is 2.47. The Morgan fingerprint density at radius 2 is 1.81 bits per heavy atom. The SMILES string of the molecule is CC1CC1c1ccc(/C=C/C(=O)Nc2ccc(C(=O)N3CCCC3)cc2)o1. The van der Waals surface area contributed by atoms with Gasteiger partial charge in [-0.05, 0) is 67.7 Å². The number of hydrogen-bond acceptors (Lipinski definition) is 3. The van der Waals surface area contributed by atoms with Crippen LogP contribution in [0.1, 0.15) is 54.0 Å². The molecule has 2 atom stereocenters. The van der Waals surface area contributed by atoms with E-state index >= 15 is 0 Å². The van der Waals surface area contributed by atoms with Crippen LogP contribution in [-0.4, -0.2) is 29.8 Å². The van der Waals surface area contributed by atoms with Gasteiger partial charge in [0.25, 0.3) is 5.91 Å². The van der Waals surface area contributed by atoms with Crippen LogP contribution < -0.4 is 5.32 Å². The van der Waals surface area contributed by atoms with E-state index in [0.717, 1.165) is 31.7 Å². The quantitative estimate of drug-likeness (QED) is 0.805. The van der Waals surface area contributed by atoms with Crippen LogP contribution in [0, 0.1) is 5.92 Å². The zero-order chi connectivity index (χ0) is 18.8. The fraction of sp³-hybridized carbons (Fsp3) is 0.364. The van der Waals surface area contributed by atoms with Crippen molar-refractivity contribution in [3.05, 3.63) is 59.6 Å². The molecule has 2 heterocycles. The number of furan rings is 1. The van der Waals surface area contributed by atoms with Crippen LogP contribution in [0.4, 0.5) is 5.69 Å². The van der Waals surface area contributed by atoms with Gasteiger partial charge in [-0.15, -0.1) is 0 Å². The summed E-state index contributed by atoms with van der Waals surface area (Å²) >= 11 is 0. The summed E-state index contributed by atoms with van der Waals surface area (Å²) in [6.07, 6.45) is 6.46. The summed E-state index contributed by atoms with van der Waals surface area (Å²) in [4.78, 5) is 26.3. The number of nitrogens with one attached hydrogen (secondary N) is 1. The molecule has 1 aliphatic carbocycles. The fourth-order valence-electron chi connectivity index (χ4n) is 3.52. The predicted octanol–water partition coefficient (Wildman–Crippen LogP) is 4.29. The zero-order valence-corrected chi connectivity index (χ0v) is 15.5. The molecule has 1 saturated carbocycles. The van der Waals surface area contributed by atoms with Crippen molar-refractivity contribution in [2.45, 2.75) is 32.1 Å². The smallest absolute Gasteiger partial charge is 0.253 e. The van der Waals surface area contributed by atoms with Gasteiger partial charge in [0.05, 0.1) is 0 Å². The maximum absolute atomic E-state index is 12.3. The second-order valence-electron chi connectivity index (χ2n) is 7.46. The summed E-state index contributed by atoms with van der Waals surface area (Å²) in [5.74, 6) is 2.74. The molecule has 4 rings (SSSR count). The average molecular weight is 364 g/mol. The molecule has 5 heteroatoms. The minimum atomic E-state index is -0.230. The molecule has 5 nitrogen and oxygen atoms in total. The molecule has 0 spiro atoms. The molecule has 1 aliphatic heterocycles. The molecule has 1 saturated heterocycles. The van der Waals surface area contributed by atoms with Crippen molar-refractivity contribution in [3.8, 4) is 0 Å². The van der Waals surface area contributed by atoms with Gasteiger partial charge >= 0.3 is 0 Å². The first-order valence-corrected chi connectivity index (χ1v) is 9.58. The molecule has 2 fully saturated rings. The van der Waals surface area contributed by atoms with E-state index in [4.69, 9.17) is 4.42 Å². The lowest BCUT2D eigenvalue weighted by atomic mass is 10.2. The Balaban J connectivity index is 1.32. The Morgan fingerprint density at radius 3 is 2.48 bits per heavy atom. The van der Waals surface area contributed by atoms with Crippen molar-refractivity contribution in [2.75, 3.05) is 18.4 Å². The van der Waals surface area contributed by atoms with E-state index in [1.807, 2.05) is 17.0 Å². The average Bonchev–Trinajstić information content (AvgIpc) is 3.11. The Morgan fingerprint density at radius 1 is 1.11 bits per heavy atom. The van der Waals surface area contributed by atoms with Crippen molar-refractivity contribution < 1.29 is 14.0 Å². The number of carbonyl (C=O) groups excluding carboxylic acids is 2. The minimum absolute atomic E-state index is 0.0591. The van der Waals surface area contributed by atoms with Gasteiger partial charge in [-0.25, -0.2) is 0 Å². The molecule has 2 aromatic rings. The van der Waals surface area contributed by atoms with Gasteiger partial charge < -0.3 is 14.6 Å². The van der Waals surface area contributed by atoms with Crippen LogP contribution in [0.25, 0.3) is 6.08 Å². The van der Waals surface area contributed by atoms with Gasteiger partial charge in [0.2, 0.25) is 5.91 Å². The molecule has 2 unspecified atom stereocenters. The fourth-order valence-corrected chi connectivity index (χ4v) is 3.52. The molecule has 1 aromatic heterocycles. The van der Waals surface area contributed by atoms with Gasteiger partial charge in [-0.3, -0.25) is 9.59 Å². The van der Waals surface area contributed by atoms with E-state index in [-0.39, 0.29) is 11.8 Å². The maximum Gasteiger partial charge on any atom is 0.253 e. The molecule has 0 bridgehead atoms. The number of anilines is 1. The molecule has 2 amide bonds. The van der Waals surface area contributed by atoms with E-state index in [1.54, 1.807) is 30.3 Å². The number of hydrogen-bond donors (Lipinski definition) is 1. The van der Waals surface area contributed by atoms with Crippen molar-refractivity contribution in [1.82, 2.24) is 4.90 Å². The predicted molar refractivity (Wildman–Crippen MR) is 104 cm³/mol. The van der Waals surface area contributed by atoms with Gasteiger partial charge in [0.15, 0.2) is 0 Å². The van der Waals surface area contributed by atoms with E-state index in [9.17, 15) is 9.59 Å². The summed E-state index contributed by atoms with van der Waals surface area (Å²) in [6, 6.07) is 10.9. The van der Waals surface area contributed by atoms with Gasteiger partial charge in [0, 0.05) is 36.3 Å². The monoisotopic (exact) mass is 364 g/mol. The number of nitrogens with zero attached hydrogens (tertiary/aromatic N) is 1. The normalized spacial score (nSPS) is 21.6. The van der Waals surface area contributed by atoms with Crippen molar-refractivity contribution >= 4 is 23.6 Å². The largest absolute Gasteiger partial charge is 0.461 e. The van der Waals surface area contributed by atoms with Crippen LogP contribution in [-0.2, 0) is 4.79 Å². The first-order chi connectivity index (χ1) is 13.1. The lowest BCUT2D eigenvalue weighted by Gasteiger charge is -2.15. The van der Waals surface area contributed by atoms with E-state index in [0.29, 0.717) is 28.8 Å². The number of benzene rings is 1. The zero-order valence-electron chi connectivity index (χ0n) is 15.5. The number of carbonyl (C=O) groups is 2. The Bertz CT molecular complexity index is 860. The summed E-state index contributed by atoms with van der Waals surface area (Å²) in [6.45, 7) is 3.87. The lowest BCUT2D eigenvalue weighted by molar-refractivity contribution is -0.111. The van der Waals surface area contributed by atoms with Gasteiger partial charge in [-0.1, -0.05) is 6.92 Å². The third-order valence-electron chi connectivity index (χ3n) is 5.31. The van der Waals surface area contributed by atoms with Gasteiger partial charge in [0.1, 0.15) is 11.5 Å². The third kappa shape index (κ3) is 4.13. The van der Waals surface area contributed by atoms with Gasteiger partial charge in [-0.2, -0.15) is 0 Å². The lowest BCUT2D eigenvalue weighted by Crippen LogP contribution is -2.27. The topological polar surface area (TPSA) is 62.6 Å². The first-order valence-electron chi connectivity index (χ1n) is 9.58. The highest BCUT2D eigenvalue weighted by atomic mass is 16.3. The Hall–Kier alpha value is -2.82. The van der Waals surface area contributed by atoms with E-state index in [2.05, 4.69) is 12.2 Å². The molecule has 1 N–H and O–H groups in total. The molecule has 1 aromatic carbocycles. The molecular weight excluding hydrogens is 340 g/mol. The summed E-state index contributed by atoms with van der Waals surface area (Å²) in [7, 11) is 0. The molecule has 140 valence electrons. The van der Waals surface area contributed by atoms with Crippen LogP contribution in [0.15, 0.2) is 46.9 Å². The van der Waals surface area contributed by atoms with Crippen LogP contribution in [0.5, 0.6) is 0 Å². The molecule has 0 radical (unpaired) electrons. The van der Waals surface area contributed by atoms with Crippen molar-refractivity contribution in [3.63, 3.8) is 0 Å². The van der Waals surface area contributed by atoms with E-state index in [1.165, 1.54) is 12.5 Å². The first kappa shape index (κ1) is 17.6. The molecule has 2 aliphatic rings. The number of amides is 2. The Labute approximate surface area is 159 Å². The van der Waals surface area contributed by atoms with Crippen molar-refractivity contribution in [2.24, 2.45) is 5.92 Å². The third-order valence-corrected chi connectivity index (χ3v) is 5.31. The maximum atomic E-state index is 12.3. The highest BCUT2D eigenvalue weighted by Gasteiger charge is 2.36. The summed E-state index contributed by atoms with van der Waals surface area (Å²) in [5.41, 5.74) is 1.32. The van der Waals surface area contributed by atoms with Crippen LogP contribution >= 0.6 is 0 Å². The second-order valence-corrected chi connectivity index (χ2v) is 7.46. The van der Waals surface area contributed by atoms with Crippen molar-refractivity contribution in [1.29, 1.82) is 0 Å². The van der Waals surface area contributed by atoms with E-state index < -0.39 is 0 Å². The molecule has 27 heavy (non-hydrogen) atoms. The van der Waals surface area contributed by atoms with Crippen LogP contribution in [0.3, 0.4) is 0 Å². The standard InChI is InChI=1S/C22H24N2O3/c1-15-14-19(15)20-10-8-18(27-20)9-11-21(25)23-17-6-4-16(5-7-17)22(26)24-12-2-3-13-24/h4-11,15,19H,2-3,12-14H2,1H3,(H,23,25)/b11-9+. The second kappa shape index (κ2) is 7.43. The highest BCUT2D eigenvalue weighted by molar-refractivity contribution is 6.02. The molecular formula is C22H24N2O3. The number of rotatable bonds is 5. The summed E-state index contributed by atoms with van der Waals surface area (Å²) in [5, 5.41) is 2.80.